The smallest absolute Gasteiger partial charge is 0.303 e. The fraction of sp³-hybridized carbons (Fsp3) is 0.462. The number of benzene rings is 1. The van der Waals surface area contributed by atoms with E-state index in [0.717, 1.165) is 0 Å². The first kappa shape index (κ1) is 17.4. The molecular weight excluding hydrogens is 301 g/mol. The number of methoxy groups -OCH3 is 1. The number of hydrogen-bond donors (Lipinski definition) is 2. The van der Waals surface area contributed by atoms with Crippen molar-refractivity contribution in [1.29, 1.82) is 0 Å². The van der Waals surface area contributed by atoms with E-state index in [1.54, 1.807) is 6.92 Å². The molecule has 0 aliphatic rings. The minimum atomic E-state index is -3.65. The summed E-state index contributed by atoms with van der Waals surface area (Å²) in [6.07, 6.45) is -0.212. The summed E-state index contributed by atoms with van der Waals surface area (Å²) < 4.78 is 44.4. The topological polar surface area (TPSA) is 92.7 Å². The Hall–Kier alpha value is -1.67. The maximum absolute atomic E-state index is 13.3. The van der Waals surface area contributed by atoms with Crippen LogP contribution in [0.5, 0.6) is 5.75 Å². The van der Waals surface area contributed by atoms with Crippen LogP contribution in [0, 0.1) is 5.82 Å². The lowest BCUT2D eigenvalue weighted by Gasteiger charge is -2.17. The second kappa shape index (κ2) is 7.37. The molecule has 1 unspecified atom stereocenters. The summed E-state index contributed by atoms with van der Waals surface area (Å²) in [4.78, 5) is 10.4. The van der Waals surface area contributed by atoms with Crippen LogP contribution in [0.1, 0.15) is 31.4 Å². The fourth-order valence-electron chi connectivity index (χ4n) is 1.85. The molecule has 0 aliphatic carbocycles. The van der Waals surface area contributed by atoms with E-state index in [9.17, 15) is 17.6 Å². The normalized spacial score (nSPS) is 12.9. The van der Waals surface area contributed by atoms with E-state index in [2.05, 4.69) is 4.72 Å². The van der Waals surface area contributed by atoms with E-state index < -0.39 is 27.9 Å². The van der Waals surface area contributed by atoms with Gasteiger partial charge >= 0.3 is 5.97 Å². The maximum Gasteiger partial charge on any atom is 0.303 e. The first-order valence-corrected chi connectivity index (χ1v) is 7.95. The van der Waals surface area contributed by atoms with Crippen LogP contribution in [0.2, 0.25) is 0 Å². The molecule has 1 aromatic rings. The van der Waals surface area contributed by atoms with Gasteiger partial charge < -0.3 is 9.84 Å². The number of halogens is 1. The molecule has 1 rings (SSSR count). The van der Waals surface area contributed by atoms with Gasteiger partial charge in [0.25, 0.3) is 0 Å². The summed E-state index contributed by atoms with van der Waals surface area (Å²) in [6, 6.07) is 3.14. The Morgan fingerprint density at radius 2 is 2.14 bits per heavy atom. The van der Waals surface area contributed by atoms with Gasteiger partial charge in [-0.1, -0.05) is 0 Å². The third kappa shape index (κ3) is 5.68. The van der Waals surface area contributed by atoms with Crippen molar-refractivity contribution in [3.63, 3.8) is 0 Å². The van der Waals surface area contributed by atoms with Crippen LogP contribution < -0.4 is 9.46 Å². The molecule has 8 heteroatoms. The zero-order valence-electron chi connectivity index (χ0n) is 11.8. The predicted octanol–water partition coefficient (Wildman–Crippen LogP) is 1.68. The van der Waals surface area contributed by atoms with Crippen molar-refractivity contribution >= 4 is 16.0 Å². The van der Waals surface area contributed by atoms with Crippen molar-refractivity contribution in [1.82, 2.24) is 4.72 Å². The summed E-state index contributed by atoms with van der Waals surface area (Å²) in [7, 11) is -2.25. The second-order valence-corrected chi connectivity index (χ2v) is 6.42. The number of rotatable bonds is 8. The highest BCUT2D eigenvalue weighted by Gasteiger charge is 2.19. The summed E-state index contributed by atoms with van der Waals surface area (Å²) in [6.45, 7) is 1.56. The molecule has 0 amide bonds. The highest BCUT2D eigenvalue weighted by molar-refractivity contribution is 7.89. The maximum atomic E-state index is 13.3. The second-order valence-electron chi connectivity index (χ2n) is 4.54. The van der Waals surface area contributed by atoms with Crippen LogP contribution in [0.4, 0.5) is 4.39 Å². The highest BCUT2D eigenvalue weighted by Crippen LogP contribution is 2.26. The van der Waals surface area contributed by atoms with E-state index in [0.29, 0.717) is 11.3 Å². The van der Waals surface area contributed by atoms with Crippen molar-refractivity contribution in [3.8, 4) is 5.75 Å². The number of carboxylic acids is 1. The third-order valence-corrected chi connectivity index (χ3v) is 4.36. The van der Waals surface area contributed by atoms with E-state index in [1.165, 1.54) is 25.3 Å². The highest BCUT2D eigenvalue weighted by atomic mass is 32.2. The molecule has 2 N–H and O–H groups in total. The number of ether oxygens (including phenoxy) is 1. The molecular formula is C13H18FNO5S. The minimum absolute atomic E-state index is 0.0116. The molecule has 0 fully saturated rings. The Labute approximate surface area is 123 Å². The van der Waals surface area contributed by atoms with Crippen LogP contribution >= 0.6 is 0 Å². The fourth-order valence-corrected chi connectivity index (χ4v) is 3.16. The first-order valence-electron chi connectivity index (χ1n) is 6.30. The summed E-state index contributed by atoms with van der Waals surface area (Å²) in [5.41, 5.74) is 0.374. The van der Waals surface area contributed by atoms with Crippen LogP contribution in [-0.2, 0) is 14.8 Å². The molecule has 0 heterocycles. The molecule has 21 heavy (non-hydrogen) atoms. The number of carbonyl (C=O) groups is 1. The number of aliphatic carboxylic acids is 1. The van der Waals surface area contributed by atoms with Crippen LogP contribution in [0.3, 0.4) is 0 Å². The van der Waals surface area contributed by atoms with Crippen molar-refractivity contribution in [2.24, 2.45) is 0 Å². The van der Waals surface area contributed by atoms with Crippen LogP contribution in [0.25, 0.3) is 0 Å². The Morgan fingerprint density at radius 1 is 1.48 bits per heavy atom. The van der Waals surface area contributed by atoms with Gasteiger partial charge in [0.2, 0.25) is 10.0 Å². The molecule has 0 saturated carbocycles. The Kier molecular flexibility index (Phi) is 6.10. The van der Waals surface area contributed by atoms with Gasteiger partial charge in [-0.3, -0.25) is 4.79 Å². The first-order chi connectivity index (χ1) is 9.75. The van der Waals surface area contributed by atoms with Gasteiger partial charge in [-0.05, 0) is 31.5 Å². The molecule has 0 aliphatic heterocycles. The van der Waals surface area contributed by atoms with Gasteiger partial charge in [0.1, 0.15) is 11.6 Å². The lowest BCUT2D eigenvalue weighted by Crippen LogP contribution is -2.29. The quantitative estimate of drug-likeness (QED) is 0.760. The molecule has 118 valence electrons. The zero-order valence-corrected chi connectivity index (χ0v) is 12.6. The Bertz CT molecular complexity index is 603. The van der Waals surface area contributed by atoms with Gasteiger partial charge in [-0.2, -0.15) is 0 Å². The number of nitrogens with one attached hydrogen (secondary N) is 1. The SMILES string of the molecule is COc1ccc(F)cc1C(C)NS(=O)(=O)CCCC(=O)O. The van der Waals surface area contributed by atoms with E-state index in [1.807, 2.05) is 0 Å². The van der Waals surface area contributed by atoms with Crippen molar-refractivity contribution in [2.45, 2.75) is 25.8 Å². The summed E-state index contributed by atoms with van der Waals surface area (Å²) in [5, 5.41) is 8.50. The van der Waals surface area contributed by atoms with E-state index in [4.69, 9.17) is 9.84 Å². The van der Waals surface area contributed by atoms with Gasteiger partial charge in [-0.15, -0.1) is 0 Å². The van der Waals surface area contributed by atoms with Crippen molar-refractivity contribution < 1.29 is 27.4 Å². The number of sulfonamides is 1. The molecule has 0 radical (unpaired) electrons. The number of hydrogen-bond acceptors (Lipinski definition) is 4. The number of carboxylic acid groups (broad SMARTS) is 1. The van der Waals surface area contributed by atoms with Gasteiger partial charge in [0.05, 0.1) is 12.9 Å². The molecule has 1 aromatic carbocycles. The lowest BCUT2D eigenvalue weighted by molar-refractivity contribution is -0.137. The zero-order chi connectivity index (χ0) is 16.0. The largest absolute Gasteiger partial charge is 0.496 e. The molecule has 0 aromatic heterocycles. The van der Waals surface area contributed by atoms with E-state index >= 15 is 0 Å². The monoisotopic (exact) mass is 319 g/mol. The third-order valence-electron chi connectivity index (χ3n) is 2.82. The summed E-state index contributed by atoms with van der Waals surface area (Å²) in [5.74, 6) is -1.48. The molecule has 0 bridgehead atoms. The van der Waals surface area contributed by atoms with Crippen molar-refractivity contribution in [2.75, 3.05) is 12.9 Å². The van der Waals surface area contributed by atoms with E-state index in [-0.39, 0.29) is 18.6 Å². The van der Waals surface area contributed by atoms with Gasteiger partial charge in [-0.25, -0.2) is 17.5 Å². The molecule has 1 atom stereocenters. The van der Waals surface area contributed by atoms with Crippen LogP contribution in [-0.4, -0.2) is 32.4 Å². The lowest BCUT2D eigenvalue weighted by atomic mass is 10.1. The van der Waals surface area contributed by atoms with Gasteiger partial charge in [0, 0.05) is 18.0 Å². The Balaban J connectivity index is 2.78. The predicted molar refractivity (Wildman–Crippen MR) is 75.2 cm³/mol. The minimum Gasteiger partial charge on any atom is -0.496 e. The average molecular weight is 319 g/mol. The molecule has 0 saturated heterocycles. The van der Waals surface area contributed by atoms with Crippen LogP contribution in [0.15, 0.2) is 18.2 Å². The Morgan fingerprint density at radius 3 is 2.71 bits per heavy atom. The molecule has 0 spiro atoms. The average Bonchev–Trinajstić information content (AvgIpc) is 2.37. The van der Waals surface area contributed by atoms with Gasteiger partial charge in [0.15, 0.2) is 0 Å². The standard InChI is InChI=1S/C13H18FNO5S/c1-9(11-8-10(14)5-6-12(11)20-2)15-21(18,19)7-3-4-13(16)17/h5-6,8-9,15H,3-4,7H2,1-2H3,(H,16,17). The van der Waals surface area contributed by atoms with Crippen molar-refractivity contribution in [3.05, 3.63) is 29.6 Å². The summed E-state index contributed by atoms with van der Waals surface area (Å²) >= 11 is 0. The molecule has 6 nitrogen and oxygen atoms in total.